The normalized spacial score (nSPS) is 13.8. The number of aromatic nitrogens is 6. The first-order valence-electron chi connectivity index (χ1n) is 13.0. The first kappa shape index (κ1) is 24.1. The maximum Gasteiger partial charge on any atom is 0.169 e. The Morgan fingerprint density at radius 2 is 1.80 bits per heavy atom. The molecule has 1 saturated heterocycles. The van der Waals surface area contributed by atoms with E-state index >= 15 is 0 Å². The Labute approximate surface area is 228 Å². The minimum Gasteiger partial charge on any atom is -0.378 e. The molecule has 1 aliphatic heterocycles. The number of morpholine rings is 1. The second-order valence-corrected chi connectivity index (χ2v) is 9.60. The van der Waals surface area contributed by atoms with E-state index in [1.807, 2.05) is 47.0 Å². The zero-order valence-corrected chi connectivity index (χ0v) is 21.4. The molecule has 10 heteroatoms. The standard InChI is InChI=1S/C30H24FN7O2/c31-22-6-4-20(5-7-22)29-30(37-12-2-1-3-26(37)34-29)24-8-9-27-33-23(19-38(27)35-24)18-25(39)21-10-11-32-28(17-21)36-13-15-40-16-14-36/h1-12,17,19H,13-16,18H2. The highest BCUT2D eigenvalue weighted by Gasteiger charge is 2.19. The zero-order chi connectivity index (χ0) is 27.1. The van der Waals surface area contributed by atoms with Crippen molar-refractivity contribution in [3.63, 3.8) is 0 Å². The van der Waals surface area contributed by atoms with E-state index in [0.29, 0.717) is 41.5 Å². The molecule has 0 atom stereocenters. The molecule has 9 nitrogen and oxygen atoms in total. The molecular formula is C30H24FN7O2. The zero-order valence-electron chi connectivity index (χ0n) is 21.4. The van der Waals surface area contributed by atoms with E-state index in [2.05, 4.69) is 14.9 Å². The number of rotatable bonds is 6. The van der Waals surface area contributed by atoms with Crippen LogP contribution >= 0.6 is 0 Å². The maximum atomic E-state index is 13.6. The van der Waals surface area contributed by atoms with Crippen LogP contribution < -0.4 is 4.90 Å². The summed E-state index contributed by atoms with van der Waals surface area (Å²) in [6.07, 6.45) is 5.52. The van der Waals surface area contributed by atoms with Gasteiger partial charge in [-0.25, -0.2) is 23.9 Å². The summed E-state index contributed by atoms with van der Waals surface area (Å²) in [7, 11) is 0. The summed E-state index contributed by atoms with van der Waals surface area (Å²) >= 11 is 0. The molecule has 0 saturated carbocycles. The molecule has 0 radical (unpaired) electrons. The van der Waals surface area contributed by atoms with E-state index in [-0.39, 0.29) is 18.0 Å². The largest absolute Gasteiger partial charge is 0.378 e. The van der Waals surface area contributed by atoms with E-state index in [1.165, 1.54) is 12.1 Å². The molecule has 1 fully saturated rings. The van der Waals surface area contributed by atoms with Crippen molar-refractivity contribution in [1.29, 1.82) is 0 Å². The van der Waals surface area contributed by atoms with Crippen LogP contribution in [0.4, 0.5) is 10.2 Å². The van der Waals surface area contributed by atoms with Gasteiger partial charge in [0.15, 0.2) is 11.4 Å². The predicted octanol–water partition coefficient (Wildman–Crippen LogP) is 4.51. The lowest BCUT2D eigenvalue weighted by atomic mass is 10.1. The smallest absolute Gasteiger partial charge is 0.169 e. The van der Waals surface area contributed by atoms with Crippen LogP contribution in [-0.4, -0.2) is 61.1 Å². The summed E-state index contributed by atoms with van der Waals surface area (Å²) in [5, 5.41) is 4.83. The predicted molar refractivity (Wildman–Crippen MR) is 148 cm³/mol. The lowest BCUT2D eigenvalue weighted by Crippen LogP contribution is -2.36. The van der Waals surface area contributed by atoms with Crippen molar-refractivity contribution in [3.8, 4) is 22.6 Å². The highest BCUT2D eigenvalue weighted by atomic mass is 19.1. The first-order valence-corrected chi connectivity index (χ1v) is 13.0. The number of benzene rings is 1. The van der Waals surface area contributed by atoms with Gasteiger partial charge in [0.25, 0.3) is 0 Å². The van der Waals surface area contributed by atoms with Crippen LogP contribution in [0.3, 0.4) is 0 Å². The van der Waals surface area contributed by atoms with E-state index in [9.17, 15) is 9.18 Å². The third-order valence-electron chi connectivity index (χ3n) is 7.00. The Morgan fingerprint density at radius 1 is 0.950 bits per heavy atom. The van der Waals surface area contributed by atoms with Crippen LogP contribution in [0.1, 0.15) is 16.1 Å². The van der Waals surface area contributed by atoms with Crippen molar-refractivity contribution in [1.82, 2.24) is 29.0 Å². The highest BCUT2D eigenvalue weighted by Crippen LogP contribution is 2.32. The van der Waals surface area contributed by atoms with Gasteiger partial charge in [0.1, 0.15) is 28.7 Å². The average Bonchev–Trinajstić information content (AvgIpc) is 3.58. The van der Waals surface area contributed by atoms with Crippen LogP contribution in [-0.2, 0) is 11.2 Å². The molecule has 1 aromatic carbocycles. The van der Waals surface area contributed by atoms with Gasteiger partial charge in [-0.2, -0.15) is 5.10 Å². The molecule has 6 aromatic rings. The topological polar surface area (TPSA) is 89.9 Å². The number of pyridine rings is 2. The van der Waals surface area contributed by atoms with Crippen molar-refractivity contribution in [3.05, 3.63) is 102 Å². The Kier molecular flexibility index (Phi) is 6.01. The summed E-state index contributed by atoms with van der Waals surface area (Å²) in [5.74, 6) is 0.430. The third kappa shape index (κ3) is 4.48. The molecule has 0 N–H and O–H groups in total. The number of hydrogen-bond donors (Lipinski definition) is 0. The Hall–Kier alpha value is -4.96. The van der Waals surface area contributed by atoms with E-state index in [0.717, 1.165) is 35.8 Å². The monoisotopic (exact) mass is 533 g/mol. The number of Topliss-reactive ketones (excluding diaryl/α,β-unsaturated/α-hetero) is 1. The fourth-order valence-electron chi connectivity index (χ4n) is 5.02. The molecule has 0 aliphatic carbocycles. The van der Waals surface area contributed by atoms with Gasteiger partial charge >= 0.3 is 0 Å². The second-order valence-electron chi connectivity index (χ2n) is 9.60. The van der Waals surface area contributed by atoms with Crippen molar-refractivity contribution >= 4 is 22.9 Å². The number of fused-ring (bicyclic) bond motifs is 2. The molecule has 6 heterocycles. The average molecular weight is 534 g/mol. The van der Waals surface area contributed by atoms with Crippen LogP contribution in [0.15, 0.2) is 85.3 Å². The summed E-state index contributed by atoms with van der Waals surface area (Å²) in [5.41, 5.74) is 5.54. The molecule has 0 amide bonds. The van der Waals surface area contributed by atoms with Gasteiger partial charge in [-0.3, -0.25) is 9.20 Å². The highest BCUT2D eigenvalue weighted by molar-refractivity contribution is 5.98. The number of hydrogen-bond acceptors (Lipinski definition) is 7. The second kappa shape index (κ2) is 9.97. The molecule has 0 spiro atoms. The molecule has 198 valence electrons. The third-order valence-corrected chi connectivity index (χ3v) is 7.00. The summed E-state index contributed by atoms with van der Waals surface area (Å²) in [4.78, 5) is 29.2. The number of ketones is 1. The lowest BCUT2D eigenvalue weighted by molar-refractivity contribution is 0.0992. The van der Waals surface area contributed by atoms with Crippen LogP contribution in [0.5, 0.6) is 0 Å². The number of carbonyl (C=O) groups is 1. The molecule has 0 bridgehead atoms. The molecular weight excluding hydrogens is 509 g/mol. The van der Waals surface area contributed by atoms with Crippen molar-refractivity contribution < 1.29 is 13.9 Å². The van der Waals surface area contributed by atoms with Gasteiger partial charge in [-0.1, -0.05) is 6.07 Å². The fraction of sp³-hybridized carbons (Fsp3) is 0.167. The Balaban J connectivity index is 1.21. The Morgan fingerprint density at radius 3 is 2.65 bits per heavy atom. The lowest BCUT2D eigenvalue weighted by Gasteiger charge is -2.27. The number of anilines is 1. The number of imidazole rings is 2. The molecule has 7 rings (SSSR count). The Bertz CT molecular complexity index is 1860. The molecule has 0 unspecified atom stereocenters. The van der Waals surface area contributed by atoms with Crippen LogP contribution in [0, 0.1) is 5.82 Å². The van der Waals surface area contributed by atoms with Gasteiger partial charge in [0.2, 0.25) is 0 Å². The van der Waals surface area contributed by atoms with Crippen molar-refractivity contribution in [2.24, 2.45) is 0 Å². The van der Waals surface area contributed by atoms with Crippen LogP contribution in [0.25, 0.3) is 33.9 Å². The van der Waals surface area contributed by atoms with Gasteiger partial charge in [0, 0.05) is 36.6 Å². The minimum absolute atomic E-state index is 0.0408. The fourth-order valence-corrected chi connectivity index (χ4v) is 5.02. The summed E-state index contributed by atoms with van der Waals surface area (Å²) < 4.78 is 22.7. The van der Waals surface area contributed by atoms with E-state index < -0.39 is 0 Å². The van der Waals surface area contributed by atoms with Crippen molar-refractivity contribution in [2.75, 3.05) is 31.2 Å². The van der Waals surface area contributed by atoms with Gasteiger partial charge < -0.3 is 9.64 Å². The SMILES string of the molecule is O=C(Cc1cn2nc(-c3c(-c4ccc(F)cc4)nc4ccccn34)ccc2n1)c1ccnc(N2CCOCC2)c1. The van der Waals surface area contributed by atoms with E-state index in [4.69, 9.17) is 14.8 Å². The van der Waals surface area contributed by atoms with Crippen molar-refractivity contribution in [2.45, 2.75) is 6.42 Å². The number of ether oxygens (including phenoxy) is 1. The first-order chi connectivity index (χ1) is 19.6. The van der Waals surface area contributed by atoms with Gasteiger partial charge in [-0.05, 0) is 60.7 Å². The summed E-state index contributed by atoms with van der Waals surface area (Å²) in [6, 6.07) is 19.4. The molecule has 5 aromatic heterocycles. The maximum absolute atomic E-state index is 13.6. The minimum atomic E-state index is -0.307. The van der Waals surface area contributed by atoms with Crippen LogP contribution in [0.2, 0.25) is 0 Å². The van der Waals surface area contributed by atoms with Gasteiger partial charge in [-0.15, -0.1) is 0 Å². The number of nitrogens with zero attached hydrogens (tertiary/aromatic N) is 7. The number of halogens is 1. The van der Waals surface area contributed by atoms with Gasteiger partial charge in [0.05, 0.1) is 37.2 Å². The molecule has 40 heavy (non-hydrogen) atoms. The van der Waals surface area contributed by atoms with E-state index in [1.54, 1.807) is 35.1 Å². The summed E-state index contributed by atoms with van der Waals surface area (Å²) in [6.45, 7) is 2.80. The quantitative estimate of drug-likeness (QED) is 0.291. The number of carbonyl (C=O) groups excluding carboxylic acids is 1. The molecule has 1 aliphatic rings.